The van der Waals surface area contributed by atoms with Crippen molar-refractivity contribution in [2.45, 2.75) is 167 Å². The quantitative estimate of drug-likeness (QED) is 0.0818. The maximum atomic E-state index is 14.0. The van der Waals surface area contributed by atoms with E-state index >= 15 is 0 Å². The second-order valence-corrected chi connectivity index (χ2v) is 18.9. The lowest BCUT2D eigenvalue weighted by Gasteiger charge is -2.53. The lowest BCUT2D eigenvalue weighted by molar-refractivity contribution is -0.190. The van der Waals surface area contributed by atoms with Crippen LogP contribution in [0.5, 0.6) is 0 Å². The average Bonchev–Trinajstić information content (AvgIpc) is 3.72. The molecule has 1 unspecified atom stereocenters. The summed E-state index contributed by atoms with van der Waals surface area (Å²) in [5, 5.41) is 14.8. The smallest absolute Gasteiger partial charge is 0.338 e. The molecule has 3 aliphatic carbocycles. The van der Waals surface area contributed by atoms with Gasteiger partial charge in [-0.2, -0.15) is 0 Å². The summed E-state index contributed by atoms with van der Waals surface area (Å²) in [5.41, 5.74) is 5.07. The van der Waals surface area contributed by atoms with E-state index in [2.05, 4.69) is 51.3 Å². The van der Waals surface area contributed by atoms with E-state index in [4.69, 9.17) is 24.1 Å². The third-order valence-electron chi connectivity index (χ3n) is 14.0. The second kappa shape index (κ2) is 19.1. The fourth-order valence-corrected chi connectivity index (χ4v) is 10.3. The Morgan fingerprint density at radius 1 is 0.883 bits per heavy atom. The predicted molar refractivity (Wildman–Crippen MR) is 232 cm³/mol. The van der Waals surface area contributed by atoms with E-state index < -0.39 is 30.1 Å². The van der Waals surface area contributed by atoms with Gasteiger partial charge in [0.15, 0.2) is 5.79 Å². The van der Waals surface area contributed by atoms with Crippen LogP contribution in [-0.2, 0) is 30.3 Å². The normalized spacial score (nSPS) is 29.3. The van der Waals surface area contributed by atoms with E-state index in [9.17, 15) is 14.4 Å². The first-order valence-corrected chi connectivity index (χ1v) is 22.9. The molecule has 10 nitrogen and oxygen atoms in total. The van der Waals surface area contributed by atoms with Gasteiger partial charge in [0.2, 0.25) is 5.91 Å². The van der Waals surface area contributed by atoms with E-state index in [0.29, 0.717) is 40.1 Å². The molecule has 5 aliphatic rings. The molecule has 326 valence electrons. The minimum atomic E-state index is -0.812. The molecule has 0 radical (unpaired) electrons. The number of amides is 2. The Hall–Kier alpha value is -3.83. The Kier molecular flexibility index (Phi) is 14.0. The van der Waals surface area contributed by atoms with Crippen LogP contribution in [0.1, 0.15) is 156 Å². The van der Waals surface area contributed by atoms with Gasteiger partial charge in [-0.15, -0.1) is 0 Å². The number of hydrogen-bond acceptors (Lipinski definition) is 8. The van der Waals surface area contributed by atoms with Gasteiger partial charge in [-0.25, -0.2) is 4.79 Å². The van der Waals surface area contributed by atoms with Crippen LogP contribution in [0, 0.1) is 17.3 Å². The Balaban J connectivity index is 1.07. The maximum Gasteiger partial charge on any atom is 0.338 e. The highest BCUT2D eigenvalue weighted by atomic mass is 16.8. The summed E-state index contributed by atoms with van der Waals surface area (Å²) in [5.74, 6) is -0.616. The highest BCUT2D eigenvalue weighted by Crippen LogP contribution is 2.59. The number of allylic oxidation sites excluding steroid dienone is 1. The number of unbranched alkanes of at least 4 members (excludes halogenated alkanes) is 4. The number of hydrogen-bond donors (Lipinski definition) is 3. The molecule has 60 heavy (non-hydrogen) atoms. The molecular formula is C50H68N2O8. The number of carbonyl (C=O) groups is 3. The topological polar surface area (TPSA) is 136 Å². The first kappa shape index (κ1) is 44.2. The second-order valence-electron chi connectivity index (χ2n) is 18.9. The van der Waals surface area contributed by atoms with Crippen molar-refractivity contribution in [1.29, 1.82) is 0 Å². The minimum absolute atomic E-state index is 0.0441. The van der Waals surface area contributed by atoms with Gasteiger partial charge in [-0.05, 0) is 111 Å². The third kappa shape index (κ3) is 10.3. The number of rotatable bonds is 17. The standard InChI is InChI=1S/C50H68N2O8/c1-6-8-10-22-50(23-11-9-7-2)58-42-30-38(46(55)52-32-34-13-12-14-37(28-34)45(54)51-25-26-53)29-41(44(42)60-50)57-47(56)35-17-15-33(16-18-35)27-36-19-20-43-49(5,59-43)24-21-40-39(36)31-48(40,3)4/h12-18,27-28,30,39-44,53H,6-11,19-26,29,31-32H2,1-5H3,(H,51,54)(H,52,55)/t39-,40-,41-,42-,43?,44+,49-/m1/s1. The molecule has 2 saturated carbocycles. The summed E-state index contributed by atoms with van der Waals surface area (Å²) in [7, 11) is 0. The third-order valence-corrected chi connectivity index (χ3v) is 14.0. The lowest BCUT2D eigenvalue weighted by Crippen LogP contribution is -2.45. The number of aliphatic hydroxyl groups excluding tert-OH is 1. The van der Waals surface area contributed by atoms with Crippen molar-refractivity contribution in [3.05, 3.63) is 88.0 Å². The van der Waals surface area contributed by atoms with Crippen molar-refractivity contribution in [2.75, 3.05) is 13.2 Å². The number of nitrogens with one attached hydrogen (secondary N) is 2. The molecule has 0 aromatic heterocycles. The monoisotopic (exact) mass is 824 g/mol. The highest BCUT2D eigenvalue weighted by molar-refractivity contribution is 5.95. The molecule has 0 bridgehead atoms. The molecule has 4 fully saturated rings. The molecule has 7 atom stereocenters. The summed E-state index contributed by atoms with van der Waals surface area (Å²) < 4.78 is 26.1. The number of fused-ring (bicyclic) bond motifs is 3. The number of epoxide rings is 1. The summed E-state index contributed by atoms with van der Waals surface area (Å²) >= 11 is 0. The van der Waals surface area contributed by atoms with Crippen LogP contribution in [0.4, 0.5) is 0 Å². The number of esters is 1. The van der Waals surface area contributed by atoms with Crippen LogP contribution in [0.3, 0.4) is 0 Å². The Labute approximate surface area is 357 Å². The van der Waals surface area contributed by atoms with Crippen LogP contribution in [0.2, 0.25) is 0 Å². The van der Waals surface area contributed by atoms with Crippen molar-refractivity contribution in [1.82, 2.24) is 10.6 Å². The predicted octanol–water partition coefficient (Wildman–Crippen LogP) is 9.00. The Morgan fingerprint density at radius 2 is 1.63 bits per heavy atom. The Bertz CT molecular complexity index is 1890. The summed E-state index contributed by atoms with van der Waals surface area (Å²) in [6, 6.07) is 14.8. The van der Waals surface area contributed by atoms with Crippen LogP contribution < -0.4 is 10.6 Å². The van der Waals surface area contributed by atoms with E-state index in [1.165, 1.54) is 18.4 Å². The van der Waals surface area contributed by atoms with Crippen molar-refractivity contribution in [3.63, 3.8) is 0 Å². The first-order valence-electron chi connectivity index (χ1n) is 22.9. The number of benzene rings is 2. The van der Waals surface area contributed by atoms with Crippen molar-refractivity contribution in [3.8, 4) is 0 Å². The minimum Gasteiger partial charge on any atom is -0.456 e. The molecule has 2 amide bonds. The zero-order valence-electron chi connectivity index (χ0n) is 36.6. The molecule has 2 saturated heterocycles. The molecule has 2 aromatic rings. The SMILES string of the molecule is CCCCCC1(CCCCC)O[C@@H]2[C@@H](C=C(C(=O)NCc3cccc(C(=O)NCCO)c3)C[C@H]2OC(=O)c2ccc(C=C3CCC4O[C@]4(C)CC[C@@H]4[C@@H]3CC4(C)C)cc2)O1. The number of ether oxygens (including phenoxy) is 4. The summed E-state index contributed by atoms with van der Waals surface area (Å²) in [6.45, 7) is 11.7. The zero-order chi connectivity index (χ0) is 42.5. The summed E-state index contributed by atoms with van der Waals surface area (Å²) in [4.78, 5) is 40.3. The molecule has 3 N–H and O–H groups in total. The van der Waals surface area contributed by atoms with Gasteiger partial charge in [-0.1, -0.05) is 89.3 Å². The fourth-order valence-electron chi connectivity index (χ4n) is 10.3. The first-order chi connectivity index (χ1) is 28.9. The lowest BCUT2D eigenvalue weighted by atomic mass is 9.52. The molecule has 2 heterocycles. The van der Waals surface area contributed by atoms with Gasteiger partial charge >= 0.3 is 5.97 Å². The van der Waals surface area contributed by atoms with Crippen LogP contribution >= 0.6 is 0 Å². The molecular weight excluding hydrogens is 757 g/mol. The van der Waals surface area contributed by atoms with Crippen LogP contribution in [-0.4, -0.2) is 71.8 Å². The largest absolute Gasteiger partial charge is 0.456 e. The van der Waals surface area contributed by atoms with Crippen LogP contribution in [0.15, 0.2) is 65.8 Å². The van der Waals surface area contributed by atoms with Crippen molar-refractivity contribution >= 4 is 23.9 Å². The van der Waals surface area contributed by atoms with Crippen molar-refractivity contribution < 1.29 is 38.4 Å². The average molecular weight is 825 g/mol. The van der Waals surface area contributed by atoms with Gasteiger partial charge in [0.1, 0.15) is 18.3 Å². The van der Waals surface area contributed by atoms with Gasteiger partial charge < -0.3 is 34.7 Å². The maximum absolute atomic E-state index is 14.0. The van der Waals surface area contributed by atoms with Gasteiger partial charge in [0, 0.05) is 43.5 Å². The van der Waals surface area contributed by atoms with E-state index in [-0.39, 0.29) is 43.5 Å². The number of carbonyl (C=O) groups excluding carboxylic acids is 3. The molecule has 2 aliphatic heterocycles. The molecule has 0 spiro atoms. The molecule has 10 heteroatoms. The zero-order valence-corrected chi connectivity index (χ0v) is 36.6. The molecule has 2 aromatic carbocycles. The number of aliphatic hydroxyl groups is 1. The van der Waals surface area contributed by atoms with E-state index in [1.807, 2.05) is 36.4 Å². The van der Waals surface area contributed by atoms with Gasteiger partial charge in [0.05, 0.1) is 23.9 Å². The van der Waals surface area contributed by atoms with Crippen molar-refractivity contribution in [2.24, 2.45) is 17.3 Å². The van der Waals surface area contributed by atoms with E-state index in [1.54, 1.807) is 18.2 Å². The van der Waals surface area contributed by atoms with Gasteiger partial charge in [0.25, 0.3) is 5.91 Å². The van der Waals surface area contributed by atoms with Crippen LogP contribution in [0.25, 0.3) is 6.08 Å². The van der Waals surface area contributed by atoms with Gasteiger partial charge in [-0.3, -0.25) is 9.59 Å². The molecule has 7 rings (SSSR count). The highest BCUT2D eigenvalue weighted by Gasteiger charge is 2.56. The summed E-state index contributed by atoms with van der Waals surface area (Å²) in [6.07, 6.45) is 16.2. The fraction of sp³-hybridized carbons (Fsp3) is 0.620. The van der Waals surface area contributed by atoms with E-state index in [0.717, 1.165) is 81.8 Å². The Morgan fingerprint density at radius 3 is 2.33 bits per heavy atom.